The van der Waals surface area contributed by atoms with Gasteiger partial charge in [-0.2, -0.15) is 5.10 Å². The van der Waals surface area contributed by atoms with E-state index in [1.807, 2.05) is 19.2 Å². The van der Waals surface area contributed by atoms with Gasteiger partial charge in [0.05, 0.1) is 24.1 Å². The highest BCUT2D eigenvalue weighted by Gasteiger charge is 2.44. The van der Waals surface area contributed by atoms with Gasteiger partial charge < -0.3 is 21.3 Å². The minimum absolute atomic E-state index is 0.00621. The first-order chi connectivity index (χ1) is 17.5. The standard InChI is InChI=1S/C26H30N8O2/c1-33-14-18(12-29-33)30-25-23(24(27)35)28-13-22(32-25)34-19-8-10-20(21(34)11-9-19)31-26(36)17-6-4-16(5-7-17)15-2-3-15/h4-7,12-15,19-21H,2-3,8-11H2,1H3,(H2,27,35)(H,30,32)(H,31,36)/t19-,20-,21-/m1/s1. The molecule has 2 aliphatic heterocycles. The van der Waals surface area contributed by atoms with Gasteiger partial charge in [0.15, 0.2) is 11.5 Å². The van der Waals surface area contributed by atoms with Gasteiger partial charge in [0.25, 0.3) is 11.8 Å². The molecule has 10 nitrogen and oxygen atoms in total. The third-order valence-corrected chi connectivity index (χ3v) is 7.59. The maximum Gasteiger partial charge on any atom is 0.271 e. The molecule has 4 N–H and O–H groups in total. The number of aryl methyl sites for hydroxylation is 1. The molecule has 10 heteroatoms. The molecule has 3 aliphatic rings. The van der Waals surface area contributed by atoms with Crippen molar-refractivity contribution in [2.75, 3.05) is 10.2 Å². The zero-order valence-electron chi connectivity index (χ0n) is 20.2. The normalized spacial score (nSPS) is 22.9. The van der Waals surface area contributed by atoms with Crippen LogP contribution in [0.3, 0.4) is 0 Å². The Bertz CT molecular complexity index is 1300. The van der Waals surface area contributed by atoms with E-state index in [1.165, 1.54) is 18.4 Å². The molecule has 6 rings (SSSR count). The number of rotatable bonds is 7. The summed E-state index contributed by atoms with van der Waals surface area (Å²) in [4.78, 5) is 36.5. The predicted molar refractivity (Wildman–Crippen MR) is 135 cm³/mol. The van der Waals surface area contributed by atoms with E-state index in [1.54, 1.807) is 23.3 Å². The van der Waals surface area contributed by atoms with Crippen molar-refractivity contribution in [3.8, 4) is 0 Å². The van der Waals surface area contributed by atoms with Crippen molar-refractivity contribution in [2.24, 2.45) is 12.8 Å². The van der Waals surface area contributed by atoms with Gasteiger partial charge in [-0.15, -0.1) is 0 Å². The highest BCUT2D eigenvalue weighted by molar-refractivity contribution is 5.96. The molecular weight excluding hydrogens is 456 g/mol. The number of primary amides is 1. The minimum atomic E-state index is -0.653. The molecule has 186 valence electrons. The summed E-state index contributed by atoms with van der Waals surface area (Å²) in [6.45, 7) is 0. The van der Waals surface area contributed by atoms with E-state index in [4.69, 9.17) is 10.7 Å². The maximum atomic E-state index is 13.1. The Labute approximate surface area is 209 Å². The zero-order chi connectivity index (χ0) is 24.8. The summed E-state index contributed by atoms with van der Waals surface area (Å²) in [5.74, 6) is 0.951. The molecule has 3 atom stereocenters. The van der Waals surface area contributed by atoms with Crippen LogP contribution in [-0.2, 0) is 7.05 Å². The largest absolute Gasteiger partial charge is 0.364 e. The molecule has 2 bridgehead atoms. The fourth-order valence-corrected chi connectivity index (χ4v) is 5.65. The number of carbonyl (C=O) groups excluding carboxylic acids is 2. The van der Waals surface area contributed by atoms with Crippen molar-refractivity contribution in [1.82, 2.24) is 25.1 Å². The fourth-order valence-electron chi connectivity index (χ4n) is 5.65. The number of anilines is 3. The molecule has 1 aliphatic carbocycles. The highest BCUT2D eigenvalue weighted by Crippen LogP contribution is 2.41. The van der Waals surface area contributed by atoms with Gasteiger partial charge in [-0.1, -0.05) is 12.1 Å². The van der Waals surface area contributed by atoms with Crippen molar-refractivity contribution in [3.05, 3.63) is 59.7 Å². The maximum absolute atomic E-state index is 13.1. The number of nitrogens with zero attached hydrogens (tertiary/aromatic N) is 5. The Morgan fingerprint density at radius 3 is 2.50 bits per heavy atom. The summed E-state index contributed by atoms with van der Waals surface area (Å²) in [6.07, 6.45) is 11.4. The van der Waals surface area contributed by atoms with E-state index < -0.39 is 5.91 Å². The van der Waals surface area contributed by atoms with Crippen molar-refractivity contribution >= 4 is 29.1 Å². The molecule has 1 aromatic carbocycles. The first-order valence-corrected chi connectivity index (χ1v) is 12.6. The van der Waals surface area contributed by atoms with Crippen LogP contribution in [0.5, 0.6) is 0 Å². The topological polar surface area (TPSA) is 131 Å². The van der Waals surface area contributed by atoms with Crippen LogP contribution in [0.15, 0.2) is 42.9 Å². The lowest BCUT2D eigenvalue weighted by Gasteiger charge is -2.41. The second-order valence-corrected chi connectivity index (χ2v) is 10.1. The molecule has 0 radical (unpaired) electrons. The number of carbonyl (C=O) groups is 2. The quantitative estimate of drug-likeness (QED) is 0.468. The average Bonchev–Trinajstić information content (AvgIpc) is 3.57. The van der Waals surface area contributed by atoms with Crippen molar-refractivity contribution in [3.63, 3.8) is 0 Å². The number of aromatic nitrogens is 4. The number of nitrogens with one attached hydrogen (secondary N) is 2. The summed E-state index contributed by atoms with van der Waals surface area (Å²) in [7, 11) is 1.81. The summed E-state index contributed by atoms with van der Waals surface area (Å²) in [5, 5.41) is 10.6. The molecule has 4 heterocycles. The predicted octanol–water partition coefficient (Wildman–Crippen LogP) is 2.86. The van der Waals surface area contributed by atoms with Gasteiger partial charge in [-0.25, -0.2) is 9.97 Å². The Morgan fingerprint density at radius 2 is 1.81 bits per heavy atom. The summed E-state index contributed by atoms with van der Waals surface area (Å²) >= 11 is 0. The lowest BCUT2D eigenvalue weighted by Crippen LogP contribution is -2.55. The number of fused-ring (bicyclic) bond motifs is 2. The molecule has 36 heavy (non-hydrogen) atoms. The Kier molecular flexibility index (Phi) is 5.58. The van der Waals surface area contributed by atoms with Gasteiger partial charge in [0, 0.05) is 30.9 Å². The second kappa shape index (κ2) is 8.92. The van der Waals surface area contributed by atoms with Gasteiger partial charge in [-0.3, -0.25) is 14.3 Å². The third kappa shape index (κ3) is 4.27. The van der Waals surface area contributed by atoms with Crippen molar-refractivity contribution < 1.29 is 9.59 Å². The number of amides is 2. The summed E-state index contributed by atoms with van der Waals surface area (Å²) in [6, 6.07) is 8.47. The number of hydrogen-bond donors (Lipinski definition) is 3. The molecule has 3 fully saturated rings. The van der Waals surface area contributed by atoms with Crippen molar-refractivity contribution in [1.29, 1.82) is 0 Å². The molecule has 0 unspecified atom stereocenters. The molecule has 2 amide bonds. The van der Waals surface area contributed by atoms with E-state index >= 15 is 0 Å². The van der Waals surface area contributed by atoms with E-state index in [2.05, 4.69) is 37.7 Å². The third-order valence-electron chi connectivity index (χ3n) is 7.59. The number of piperidine rings is 1. The van der Waals surface area contributed by atoms with E-state index in [0.717, 1.165) is 25.7 Å². The first kappa shape index (κ1) is 22.5. The Morgan fingerprint density at radius 1 is 1.03 bits per heavy atom. The van der Waals surface area contributed by atoms with Crippen LogP contribution < -0.4 is 21.3 Å². The highest BCUT2D eigenvalue weighted by atomic mass is 16.2. The van der Waals surface area contributed by atoms with Crippen LogP contribution in [-0.4, -0.2) is 49.7 Å². The monoisotopic (exact) mass is 486 g/mol. The van der Waals surface area contributed by atoms with E-state index in [9.17, 15) is 9.59 Å². The minimum Gasteiger partial charge on any atom is -0.364 e. The average molecular weight is 487 g/mol. The van der Waals surface area contributed by atoms with Crippen LogP contribution in [0.2, 0.25) is 0 Å². The van der Waals surface area contributed by atoms with E-state index in [0.29, 0.717) is 34.8 Å². The van der Waals surface area contributed by atoms with Gasteiger partial charge in [-0.05, 0) is 62.1 Å². The Balaban J connectivity index is 1.22. The van der Waals surface area contributed by atoms with Gasteiger partial charge >= 0.3 is 0 Å². The van der Waals surface area contributed by atoms with Gasteiger partial charge in [0.2, 0.25) is 0 Å². The van der Waals surface area contributed by atoms with Crippen LogP contribution in [0.25, 0.3) is 0 Å². The number of nitrogens with two attached hydrogens (primary N) is 1. The fraction of sp³-hybridized carbons (Fsp3) is 0.423. The summed E-state index contributed by atoms with van der Waals surface area (Å²) in [5.41, 5.74) is 8.34. The zero-order valence-corrected chi connectivity index (χ0v) is 20.2. The molecule has 0 spiro atoms. The molecule has 2 aromatic heterocycles. The SMILES string of the molecule is Cn1cc(Nc2nc(N3[C@H]4CC[C@@H]3[C@H](NC(=O)c3ccc(C5CC5)cc3)CC4)cnc2C(N)=O)cn1. The summed E-state index contributed by atoms with van der Waals surface area (Å²) < 4.78 is 1.65. The van der Waals surface area contributed by atoms with Crippen LogP contribution in [0.1, 0.15) is 70.9 Å². The van der Waals surface area contributed by atoms with Crippen LogP contribution in [0, 0.1) is 0 Å². The lowest BCUT2D eigenvalue weighted by molar-refractivity contribution is 0.0923. The van der Waals surface area contributed by atoms with Crippen LogP contribution >= 0.6 is 0 Å². The van der Waals surface area contributed by atoms with Gasteiger partial charge in [0.1, 0.15) is 5.82 Å². The number of benzene rings is 1. The van der Waals surface area contributed by atoms with E-state index in [-0.39, 0.29) is 23.7 Å². The first-order valence-electron chi connectivity index (χ1n) is 12.6. The Hall–Kier alpha value is -3.95. The van der Waals surface area contributed by atoms with Crippen molar-refractivity contribution in [2.45, 2.75) is 62.6 Å². The smallest absolute Gasteiger partial charge is 0.271 e. The molecule has 2 saturated heterocycles. The number of hydrogen-bond acceptors (Lipinski definition) is 7. The van der Waals surface area contributed by atoms with Crippen LogP contribution in [0.4, 0.5) is 17.3 Å². The molecular formula is C26H30N8O2. The second-order valence-electron chi connectivity index (χ2n) is 10.1. The molecule has 1 saturated carbocycles. The molecule has 3 aromatic rings. The lowest BCUT2D eigenvalue weighted by atomic mass is 9.96.